The number of carbonyl (C=O) groups is 2. The number of pyridine rings is 1. The van der Waals surface area contributed by atoms with Gasteiger partial charge in [0.15, 0.2) is 5.76 Å². The van der Waals surface area contributed by atoms with Crippen molar-refractivity contribution in [1.82, 2.24) is 14.8 Å². The zero-order valence-electron chi connectivity index (χ0n) is 19.9. The van der Waals surface area contributed by atoms with Gasteiger partial charge in [-0.25, -0.2) is 4.79 Å². The molecule has 0 aromatic carbocycles. The number of nitrogens with one attached hydrogen (secondary N) is 1. The van der Waals surface area contributed by atoms with Gasteiger partial charge in [0, 0.05) is 42.8 Å². The molecule has 184 valence electrons. The summed E-state index contributed by atoms with van der Waals surface area (Å²) < 4.78 is 10.6. The Morgan fingerprint density at radius 1 is 1.14 bits per heavy atom. The van der Waals surface area contributed by atoms with Crippen LogP contribution in [-0.4, -0.2) is 59.6 Å². The van der Waals surface area contributed by atoms with Crippen LogP contribution in [-0.2, 0) is 17.6 Å². The minimum absolute atomic E-state index is 0.120. The molecule has 5 rings (SSSR count). The van der Waals surface area contributed by atoms with Crippen molar-refractivity contribution in [2.45, 2.75) is 38.6 Å². The summed E-state index contributed by atoms with van der Waals surface area (Å²) in [7, 11) is 0. The number of rotatable bonds is 6. The van der Waals surface area contributed by atoms with Crippen molar-refractivity contribution in [1.29, 1.82) is 0 Å². The molecule has 8 nitrogen and oxygen atoms in total. The molecule has 1 aliphatic heterocycles. The molecule has 3 aromatic heterocycles. The molecule has 0 unspecified atom stereocenters. The highest BCUT2D eigenvalue weighted by atomic mass is 32.1. The number of carbonyl (C=O) groups excluding carboxylic acids is 2. The van der Waals surface area contributed by atoms with Gasteiger partial charge in [0.1, 0.15) is 5.00 Å². The number of anilines is 1. The Kier molecular flexibility index (Phi) is 7.15. The van der Waals surface area contributed by atoms with Crippen LogP contribution in [0.2, 0.25) is 0 Å². The highest BCUT2D eigenvalue weighted by molar-refractivity contribution is 7.16. The Balaban J connectivity index is 1.51. The standard InChI is InChI=1S/C26H30N4O4S/c1-2-33-26(32)30-15-13-29(14-16-30)23(19-9-5-6-12-27-19)22-18-8-3-4-11-21(18)35-25(22)28-24(31)20-10-7-17-34-20/h5-7,9-10,12,17,23H,2-4,8,11,13-16H2,1H3,(H,28,31)/t23-/m0/s1. The van der Waals surface area contributed by atoms with E-state index in [0.29, 0.717) is 38.5 Å². The van der Waals surface area contributed by atoms with Gasteiger partial charge in [-0.1, -0.05) is 6.07 Å². The first-order valence-electron chi connectivity index (χ1n) is 12.2. The van der Waals surface area contributed by atoms with Crippen LogP contribution in [0.5, 0.6) is 0 Å². The summed E-state index contributed by atoms with van der Waals surface area (Å²) in [5.41, 5.74) is 3.41. The van der Waals surface area contributed by atoms with Crippen LogP contribution in [0.1, 0.15) is 58.1 Å². The fourth-order valence-corrected chi connectivity index (χ4v) is 6.29. The molecule has 1 aliphatic carbocycles. The van der Waals surface area contributed by atoms with E-state index in [1.807, 2.05) is 31.3 Å². The smallest absolute Gasteiger partial charge is 0.409 e. The summed E-state index contributed by atoms with van der Waals surface area (Å²) in [6.07, 6.45) is 7.37. The van der Waals surface area contributed by atoms with Crippen molar-refractivity contribution >= 4 is 28.3 Å². The largest absolute Gasteiger partial charge is 0.459 e. The lowest BCUT2D eigenvalue weighted by Gasteiger charge is -2.39. The van der Waals surface area contributed by atoms with E-state index in [9.17, 15) is 9.59 Å². The van der Waals surface area contributed by atoms with Crippen molar-refractivity contribution in [2.75, 3.05) is 38.1 Å². The maximum Gasteiger partial charge on any atom is 0.409 e. The minimum Gasteiger partial charge on any atom is -0.459 e. The Bertz CT molecular complexity index is 1150. The summed E-state index contributed by atoms with van der Waals surface area (Å²) >= 11 is 1.67. The van der Waals surface area contributed by atoms with Gasteiger partial charge in [-0.05, 0) is 62.4 Å². The Hall–Kier alpha value is -3.17. The number of hydrogen-bond donors (Lipinski definition) is 1. The molecule has 1 fully saturated rings. The van der Waals surface area contributed by atoms with E-state index in [0.717, 1.165) is 41.9 Å². The van der Waals surface area contributed by atoms with Gasteiger partial charge in [-0.15, -0.1) is 11.3 Å². The second-order valence-corrected chi connectivity index (χ2v) is 9.87. The molecular weight excluding hydrogens is 464 g/mol. The summed E-state index contributed by atoms with van der Waals surface area (Å²) in [5, 5.41) is 4.01. The van der Waals surface area contributed by atoms with E-state index in [1.165, 1.54) is 16.7 Å². The van der Waals surface area contributed by atoms with Crippen LogP contribution in [0.25, 0.3) is 0 Å². The van der Waals surface area contributed by atoms with Gasteiger partial charge in [-0.2, -0.15) is 0 Å². The number of fused-ring (bicyclic) bond motifs is 1. The average Bonchev–Trinajstić information content (AvgIpc) is 3.55. The molecule has 0 spiro atoms. The zero-order valence-corrected chi connectivity index (χ0v) is 20.7. The third-order valence-electron chi connectivity index (χ3n) is 6.63. The Morgan fingerprint density at radius 3 is 2.69 bits per heavy atom. The third kappa shape index (κ3) is 4.97. The summed E-state index contributed by atoms with van der Waals surface area (Å²) in [6, 6.07) is 9.24. The predicted octanol–water partition coefficient (Wildman–Crippen LogP) is 4.73. The number of piperazine rings is 1. The quantitative estimate of drug-likeness (QED) is 0.533. The van der Waals surface area contributed by atoms with Crippen LogP contribution in [0, 0.1) is 0 Å². The first-order chi connectivity index (χ1) is 17.2. The summed E-state index contributed by atoms with van der Waals surface area (Å²) in [5.74, 6) is 0.0431. The second-order valence-electron chi connectivity index (χ2n) is 8.76. The lowest BCUT2D eigenvalue weighted by atomic mass is 9.90. The van der Waals surface area contributed by atoms with Gasteiger partial charge in [0.2, 0.25) is 0 Å². The summed E-state index contributed by atoms with van der Waals surface area (Å²) in [6.45, 7) is 4.75. The first-order valence-corrected chi connectivity index (χ1v) is 13.0. The van der Waals surface area contributed by atoms with Gasteiger partial charge < -0.3 is 19.4 Å². The number of hydrogen-bond acceptors (Lipinski definition) is 7. The van der Waals surface area contributed by atoms with Gasteiger partial charge in [0.25, 0.3) is 5.91 Å². The molecule has 1 atom stereocenters. The van der Waals surface area contributed by atoms with Gasteiger partial charge in [-0.3, -0.25) is 14.7 Å². The number of furan rings is 1. The number of thiophene rings is 1. The fraction of sp³-hybridized carbons (Fsp3) is 0.423. The topological polar surface area (TPSA) is 87.9 Å². The molecule has 35 heavy (non-hydrogen) atoms. The van der Waals surface area contributed by atoms with E-state index >= 15 is 0 Å². The predicted molar refractivity (Wildman–Crippen MR) is 134 cm³/mol. The van der Waals surface area contributed by atoms with E-state index in [4.69, 9.17) is 14.1 Å². The third-order valence-corrected chi connectivity index (χ3v) is 7.85. The van der Waals surface area contributed by atoms with E-state index in [-0.39, 0.29) is 18.0 Å². The summed E-state index contributed by atoms with van der Waals surface area (Å²) in [4.78, 5) is 35.5. The molecule has 0 bridgehead atoms. The lowest BCUT2D eigenvalue weighted by Crippen LogP contribution is -2.50. The second kappa shape index (κ2) is 10.6. The van der Waals surface area contributed by atoms with Crippen molar-refractivity contribution < 1.29 is 18.7 Å². The number of aromatic nitrogens is 1. The molecule has 3 aromatic rings. The van der Waals surface area contributed by atoms with E-state index in [1.54, 1.807) is 28.4 Å². The highest BCUT2D eigenvalue weighted by Crippen LogP contribution is 2.45. The fourth-order valence-electron chi connectivity index (χ4n) is 4.98. The van der Waals surface area contributed by atoms with Crippen LogP contribution in [0.15, 0.2) is 47.2 Å². The number of aryl methyl sites for hydroxylation is 1. The van der Waals surface area contributed by atoms with Crippen LogP contribution < -0.4 is 5.32 Å². The molecule has 0 saturated carbocycles. The average molecular weight is 495 g/mol. The minimum atomic E-state index is -0.263. The van der Waals surface area contributed by atoms with Crippen molar-refractivity contribution in [2.24, 2.45) is 0 Å². The molecule has 1 saturated heterocycles. The van der Waals surface area contributed by atoms with Crippen LogP contribution in [0.4, 0.5) is 9.80 Å². The first kappa shape index (κ1) is 23.6. The molecule has 0 radical (unpaired) electrons. The normalized spacial score (nSPS) is 17.0. The lowest BCUT2D eigenvalue weighted by molar-refractivity contribution is 0.0709. The van der Waals surface area contributed by atoms with E-state index < -0.39 is 0 Å². The van der Waals surface area contributed by atoms with Crippen molar-refractivity contribution in [3.8, 4) is 0 Å². The molecule has 2 amide bonds. The maximum atomic E-state index is 13.0. The number of nitrogens with zero attached hydrogens (tertiary/aromatic N) is 3. The molecule has 1 N–H and O–H groups in total. The van der Waals surface area contributed by atoms with Crippen LogP contribution in [0.3, 0.4) is 0 Å². The Labute approximate surface area is 208 Å². The zero-order chi connectivity index (χ0) is 24.2. The molecule has 2 aliphatic rings. The molecule has 4 heterocycles. The van der Waals surface area contributed by atoms with E-state index in [2.05, 4.69) is 10.2 Å². The molecule has 9 heteroatoms. The van der Waals surface area contributed by atoms with Crippen molar-refractivity contribution in [3.63, 3.8) is 0 Å². The highest BCUT2D eigenvalue weighted by Gasteiger charge is 2.35. The van der Waals surface area contributed by atoms with Crippen LogP contribution >= 0.6 is 11.3 Å². The van der Waals surface area contributed by atoms with Crippen molar-refractivity contribution in [3.05, 3.63) is 70.3 Å². The molecular formula is C26H30N4O4S. The van der Waals surface area contributed by atoms with Gasteiger partial charge >= 0.3 is 6.09 Å². The van der Waals surface area contributed by atoms with Gasteiger partial charge in [0.05, 0.1) is 24.6 Å². The number of ether oxygens (including phenoxy) is 1. The maximum absolute atomic E-state index is 13.0. The SMILES string of the molecule is CCOC(=O)N1CCN([C@@H](c2ccccn2)c2c(NC(=O)c3ccco3)sc3c2CCCC3)CC1. The monoisotopic (exact) mass is 494 g/mol. The number of amides is 2. The Morgan fingerprint density at radius 2 is 1.97 bits per heavy atom.